The summed E-state index contributed by atoms with van der Waals surface area (Å²) in [6.07, 6.45) is 0.231. The Morgan fingerprint density at radius 2 is 1.79 bits per heavy atom. The van der Waals surface area contributed by atoms with E-state index >= 15 is 0 Å². The summed E-state index contributed by atoms with van der Waals surface area (Å²) in [6.45, 7) is 0.0410. The van der Waals surface area contributed by atoms with Gasteiger partial charge in [-0.05, 0) is 30.3 Å². The number of ether oxygens (including phenoxy) is 1. The van der Waals surface area contributed by atoms with Crippen LogP contribution in [0.25, 0.3) is 0 Å². The standard InChI is InChI=1S/C17H14Cl4N2O4S/c1-28(25,26)23-5-4-16(27-15-3-2-9(18)6-14(15)23)17(24)22-13-8-11(20)10(19)7-12(13)21/h2-3,6-8,16H,4-5H2,1H3,(H,22,24). The summed E-state index contributed by atoms with van der Waals surface area (Å²) in [6, 6.07) is 7.40. The Morgan fingerprint density at radius 3 is 2.46 bits per heavy atom. The lowest BCUT2D eigenvalue weighted by atomic mass is 10.2. The van der Waals surface area contributed by atoms with Gasteiger partial charge in [0, 0.05) is 18.0 Å². The maximum absolute atomic E-state index is 12.7. The first-order valence-corrected chi connectivity index (χ1v) is 11.3. The van der Waals surface area contributed by atoms with Gasteiger partial charge < -0.3 is 10.1 Å². The lowest BCUT2D eigenvalue weighted by molar-refractivity contribution is -0.122. The molecule has 1 unspecified atom stereocenters. The van der Waals surface area contributed by atoms with Crippen LogP contribution in [-0.4, -0.2) is 33.2 Å². The highest BCUT2D eigenvalue weighted by atomic mass is 35.5. The second-order valence-electron chi connectivity index (χ2n) is 6.08. The number of hydrogen-bond donors (Lipinski definition) is 1. The number of nitrogens with zero attached hydrogens (tertiary/aromatic N) is 1. The summed E-state index contributed by atoms with van der Waals surface area (Å²) in [4.78, 5) is 12.7. The first kappa shape index (κ1) is 21.3. The van der Waals surface area contributed by atoms with E-state index in [4.69, 9.17) is 51.1 Å². The Labute approximate surface area is 182 Å². The second kappa shape index (κ2) is 8.16. The molecular weight excluding hydrogens is 470 g/mol. The zero-order valence-electron chi connectivity index (χ0n) is 14.4. The van der Waals surface area contributed by atoms with E-state index in [-0.39, 0.29) is 45.2 Å². The topological polar surface area (TPSA) is 75.7 Å². The van der Waals surface area contributed by atoms with E-state index in [0.29, 0.717) is 5.02 Å². The number of fused-ring (bicyclic) bond motifs is 1. The SMILES string of the molecule is CS(=O)(=O)N1CCC(C(=O)Nc2cc(Cl)c(Cl)cc2Cl)Oc2ccc(Cl)cc21. The van der Waals surface area contributed by atoms with Gasteiger partial charge in [-0.2, -0.15) is 0 Å². The number of hydrogen-bond acceptors (Lipinski definition) is 4. The summed E-state index contributed by atoms with van der Waals surface area (Å²) in [7, 11) is -3.59. The molecule has 150 valence electrons. The lowest BCUT2D eigenvalue weighted by Crippen LogP contribution is -2.36. The normalized spacial score (nSPS) is 16.8. The van der Waals surface area contributed by atoms with Crippen LogP contribution in [0.3, 0.4) is 0 Å². The Hall–Kier alpha value is -1.38. The molecule has 0 fully saturated rings. The van der Waals surface area contributed by atoms with E-state index in [1.807, 2.05) is 0 Å². The molecule has 2 aromatic rings. The molecule has 1 aliphatic heterocycles. The fourth-order valence-electron chi connectivity index (χ4n) is 2.71. The van der Waals surface area contributed by atoms with Gasteiger partial charge in [-0.3, -0.25) is 9.10 Å². The number of nitrogens with one attached hydrogen (secondary N) is 1. The highest BCUT2D eigenvalue weighted by molar-refractivity contribution is 7.92. The van der Waals surface area contributed by atoms with Crippen molar-refractivity contribution in [3.63, 3.8) is 0 Å². The first-order valence-electron chi connectivity index (χ1n) is 7.95. The fraction of sp³-hybridized carbons (Fsp3) is 0.235. The van der Waals surface area contributed by atoms with Crippen LogP contribution in [0, 0.1) is 0 Å². The van der Waals surface area contributed by atoms with Crippen molar-refractivity contribution in [1.82, 2.24) is 0 Å². The van der Waals surface area contributed by atoms with Crippen LogP contribution in [0.2, 0.25) is 20.1 Å². The van der Waals surface area contributed by atoms with E-state index in [1.54, 1.807) is 6.07 Å². The number of carbonyl (C=O) groups is 1. The molecule has 0 radical (unpaired) electrons. The van der Waals surface area contributed by atoms with Crippen LogP contribution in [0.15, 0.2) is 30.3 Å². The fourth-order valence-corrected chi connectivity index (χ4v) is 4.41. The molecule has 2 aromatic carbocycles. The van der Waals surface area contributed by atoms with Crippen molar-refractivity contribution in [2.24, 2.45) is 0 Å². The van der Waals surface area contributed by atoms with Gasteiger partial charge in [0.05, 0.1) is 32.7 Å². The summed E-state index contributed by atoms with van der Waals surface area (Å²) < 4.78 is 31.3. The van der Waals surface area contributed by atoms with Gasteiger partial charge in [-0.25, -0.2) is 8.42 Å². The van der Waals surface area contributed by atoms with Gasteiger partial charge in [-0.1, -0.05) is 46.4 Å². The van der Waals surface area contributed by atoms with Crippen LogP contribution < -0.4 is 14.4 Å². The molecular formula is C17H14Cl4N2O4S. The number of carbonyl (C=O) groups excluding carboxylic acids is 1. The number of benzene rings is 2. The molecule has 11 heteroatoms. The summed E-state index contributed by atoms with van der Waals surface area (Å²) in [5.41, 5.74) is 0.545. The average Bonchev–Trinajstić information content (AvgIpc) is 2.78. The summed E-state index contributed by atoms with van der Waals surface area (Å²) in [5.74, 6) is -0.274. The monoisotopic (exact) mass is 482 g/mol. The van der Waals surface area contributed by atoms with Crippen LogP contribution in [-0.2, 0) is 14.8 Å². The molecule has 6 nitrogen and oxygen atoms in total. The van der Waals surface area contributed by atoms with Gasteiger partial charge in [-0.15, -0.1) is 0 Å². The number of sulfonamides is 1. The largest absolute Gasteiger partial charge is 0.478 e. The van der Waals surface area contributed by atoms with Gasteiger partial charge in [0.15, 0.2) is 6.10 Å². The van der Waals surface area contributed by atoms with E-state index < -0.39 is 22.0 Å². The predicted molar refractivity (Wildman–Crippen MR) is 113 cm³/mol. The van der Waals surface area contributed by atoms with Crippen molar-refractivity contribution in [3.8, 4) is 5.75 Å². The van der Waals surface area contributed by atoms with Gasteiger partial charge in [0.1, 0.15) is 5.75 Å². The van der Waals surface area contributed by atoms with E-state index in [9.17, 15) is 13.2 Å². The molecule has 3 rings (SSSR count). The van der Waals surface area contributed by atoms with Crippen LogP contribution in [0.5, 0.6) is 5.75 Å². The molecule has 0 aromatic heterocycles. The molecule has 0 bridgehead atoms. The molecule has 1 aliphatic rings. The maximum atomic E-state index is 12.7. The zero-order chi connectivity index (χ0) is 20.6. The third kappa shape index (κ3) is 4.60. The molecule has 0 saturated carbocycles. The third-order valence-corrected chi connectivity index (χ3v) is 6.46. The Kier molecular flexibility index (Phi) is 6.22. The quantitative estimate of drug-likeness (QED) is 0.632. The van der Waals surface area contributed by atoms with Crippen LogP contribution in [0.1, 0.15) is 6.42 Å². The molecule has 1 amide bonds. The van der Waals surface area contributed by atoms with Crippen molar-refractivity contribution in [2.75, 3.05) is 22.4 Å². The molecule has 0 saturated heterocycles. The highest BCUT2D eigenvalue weighted by Crippen LogP contribution is 2.37. The molecule has 0 spiro atoms. The number of amides is 1. The number of anilines is 2. The smallest absolute Gasteiger partial charge is 0.265 e. The van der Waals surface area contributed by atoms with Crippen molar-refractivity contribution >= 4 is 73.7 Å². The van der Waals surface area contributed by atoms with Gasteiger partial charge in [0.25, 0.3) is 5.91 Å². The molecule has 1 heterocycles. The molecule has 28 heavy (non-hydrogen) atoms. The highest BCUT2D eigenvalue weighted by Gasteiger charge is 2.31. The van der Waals surface area contributed by atoms with Crippen molar-refractivity contribution in [3.05, 3.63) is 50.4 Å². The minimum absolute atomic E-state index is 0.0410. The average molecular weight is 484 g/mol. The summed E-state index contributed by atoms with van der Waals surface area (Å²) in [5, 5.41) is 3.68. The van der Waals surface area contributed by atoms with Crippen molar-refractivity contribution in [1.29, 1.82) is 0 Å². The lowest BCUT2D eigenvalue weighted by Gasteiger charge is -2.21. The summed E-state index contributed by atoms with van der Waals surface area (Å²) >= 11 is 24.0. The molecule has 0 aliphatic carbocycles. The minimum Gasteiger partial charge on any atom is -0.478 e. The Morgan fingerprint density at radius 1 is 1.11 bits per heavy atom. The minimum atomic E-state index is -3.59. The molecule has 1 atom stereocenters. The van der Waals surface area contributed by atoms with Crippen LogP contribution >= 0.6 is 46.4 Å². The van der Waals surface area contributed by atoms with Crippen LogP contribution in [0.4, 0.5) is 11.4 Å². The second-order valence-corrected chi connectivity index (χ2v) is 9.64. The van der Waals surface area contributed by atoms with E-state index in [2.05, 4.69) is 5.32 Å². The van der Waals surface area contributed by atoms with Gasteiger partial charge >= 0.3 is 0 Å². The van der Waals surface area contributed by atoms with E-state index in [1.165, 1.54) is 24.3 Å². The third-order valence-electron chi connectivity index (χ3n) is 4.01. The first-order chi connectivity index (χ1) is 13.1. The Balaban J connectivity index is 1.89. The zero-order valence-corrected chi connectivity index (χ0v) is 18.2. The van der Waals surface area contributed by atoms with E-state index in [0.717, 1.165) is 10.6 Å². The number of rotatable bonds is 3. The predicted octanol–water partition coefficient (Wildman–Crippen LogP) is 4.86. The van der Waals surface area contributed by atoms with Crippen molar-refractivity contribution in [2.45, 2.75) is 12.5 Å². The maximum Gasteiger partial charge on any atom is 0.265 e. The molecule has 1 N–H and O–H groups in total. The number of halogens is 4. The Bertz CT molecular complexity index is 1050. The van der Waals surface area contributed by atoms with Crippen molar-refractivity contribution < 1.29 is 17.9 Å². The van der Waals surface area contributed by atoms with Gasteiger partial charge in [0.2, 0.25) is 10.0 Å².